The van der Waals surface area contributed by atoms with Crippen molar-refractivity contribution in [3.8, 4) is 0 Å². The molecule has 0 amide bonds. The Hall–Kier alpha value is -1.92. The summed E-state index contributed by atoms with van der Waals surface area (Å²) in [5.41, 5.74) is 2.16. The summed E-state index contributed by atoms with van der Waals surface area (Å²) in [6, 6.07) is 10.1. The molecule has 1 aromatic heterocycles. The van der Waals surface area contributed by atoms with Crippen LogP contribution in [0.2, 0.25) is 0 Å². The highest BCUT2D eigenvalue weighted by atomic mass is 32.1. The Balaban J connectivity index is 1.52. The highest BCUT2D eigenvalue weighted by molar-refractivity contribution is 7.80. The lowest BCUT2D eigenvalue weighted by atomic mass is 10.2. The molecule has 0 bridgehead atoms. The van der Waals surface area contributed by atoms with E-state index in [1.54, 1.807) is 6.20 Å². The molecule has 0 radical (unpaired) electrons. The van der Waals surface area contributed by atoms with Crippen LogP contribution in [0.5, 0.6) is 0 Å². The van der Waals surface area contributed by atoms with Crippen LogP contribution >= 0.6 is 12.2 Å². The maximum Gasteiger partial charge on any atom is 0.170 e. The van der Waals surface area contributed by atoms with Crippen LogP contribution in [0, 0.1) is 0 Å². The number of anilines is 1. The van der Waals surface area contributed by atoms with Crippen molar-refractivity contribution in [2.75, 3.05) is 18.5 Å². The Morgan fingerprint density at radius 3 is 3.14 bits per heavy atom. The maximum absolute atomic E-state index is 5.57. The van der Waals surface area contributed by atoms with Crippen LogP contribution in [-0.2, 0) is 11.3 Å². The Bertz CT molecular complexity index is 608. The van der Waals surface area contributed by atoms with Gasteiger partial charge in [0.05, 0.1) is 12.6 Å². The van der Waals surface area contributed by atoms with E-state index in [2.05, 4.69) is 27.9 Å². The molecule has 0 saturated carbocycles. The Morgan fingerprint density at radius 1 is 1.41 bits per heavy atom. The van der Waals surface area contributed by atoms with Crippen molar-refractivity contribution in [3.05, 3.63) is 48.3 Å². The molecular weight excluding hydrogens is 296 g/mol. The summed E-state index contributed by atoms with van der Waals surface area (Å²) in [5, 5.41) is 11.3. The summed E-state index contributed by atoms with van der Waals surface area (Å²) >= 11 is 5.33. The summed E-state index contributed by atoms with van der Waals surface area (Å²) in [6.07, 6.45) is 6.27. The van der Waals surface area contributed by atoms with Crippen molar-refractivity contribution in [2.24, 2.45) is 0 Å². The minimum Gasteiger partial charge on any atom is -0.376 e. The van der Waals surface area contributed by atoms with Crippen LogP contribution in [0.3, 0.4) is 0 Å². The van der Waals surface area contributed by atoms with Gasteiger partial charge in [-0.3, -0.25) is 4.68 Å². The van der Waals surface area contributed by atoms with Gasteiger partial charge in [-0.15, -0.1) is 0 Å². The summed E-state index contributed by atoms with van der Waals surface area (Å²) < 4.78 is 7.47. The molecular formula is C16H20N4OS. The number of ether oxygens (including phenoxy) is 1. The highest BCUT2D eigenvalue weighted by Crippen LogP contribution is 2.13. The first-order valence-corrected chi connectivity index (χ1v) is 7.93. The molecule has 1 saturated heterocycles. The van der Waals surface area contributed by atoms with Gasteiger partial charge in [0.2, 0.25) is 0 Å². The molecule has 6 heteroatoms. The van der Waals surface area contributed by atoms with Gasteiger partial charge < -0.3 is 15.4 Å². The van der Waals surface area contributed by atoms with Crippen LogP contribution in [0.25, 0.3) is 0 Å². The molecule has 3 rings (SSSR count). The molecule has 1 aromatic carbocycles. The predicted molar refractivity (Wildman–Crippen MR) is 91.0 cm³/mol. The third-order valence-electron chi connectivity index (χ3n) is 3.60. The van der Waals surface area contributed by atoms with E-state index < -0.39 is 0 Å². The lowest BCUT2D eigenvalue weighted by Crippen LogP contribution is -2.34. The normalized spacial score (nSPS) is 17.4. The molecule has 2 aromatic rings. The highest BCUT2D eigenvalue weighted by Gasteiger charge is 2.15. The minimum absolute atomic E-state index is 0.283. The average Bonchev–Trinajstić information content (AvgIpc) is 3.19. The SMILES string of the molecule is S=C(NCC1CCCO1)Nc1cccc(Cn2cccn2)c1. The second kappa shape index (κ2) is 7.38. The van der Waals surface area contributed by atoms with Crippen LogP contribution in [-0.4, -0.2) is 34.1 Å². The maximum atomic E-state index is 5.57. The van der Waals surface area contributed by atoms with Gasteiger partial charge in [0.15, 0.2) is 5.11 Å². The Morgan fingerprint density at radius 2 is 2.36 bits per heavy atom. The third kappa shape index (κ3) is 4.29. The van der Waals surface area contributed by atoms with Crippen LogP contribution < -0.4 is 10.6 Å². The second-order valence-corrected chi connectivity index (χ2v) is 5.78. The largest absolute Gasteiger partial charge is 0.376 e. The van der Waals surface area contributed by atoms with E-state index in [0.717, 1.165) is 38.2 Å². The number of hydrogen-bond donors (Lipinski definition) is 2. The summed E-state index contributed by atoms with van der Waals surface area (Å²) in [5.74, 6) is 0. The molecule has 22 heavy (non-hydrogen) atoms. The van der Waals surface area contributed by atoms with E-state index in [1.165, 1.54) is 5.56 Å². The summed E-state index contributed by atoms with van der Waals surface area (Å²) in [6.45, 7) is 2.37. The van der Waals surface area contributed by atoms with Crippen molar-refractivity contribution < 1.29 is 4.74 Å². The summed E-state index contributed by atoms with van der Waals surface area (Å²) in [4.78, 5) is 0. The van der Waals surface area contributed by atoms with Gasteiger partial charge in [0, 0.05) is 31.2 Å². The van der Waals surface area contributed by atoms with Gasteiger partial charge in [-0.1, -0.05) is 12.1 Å². The number of thiocarbonyl (C=S) groups is 1. The average molecular weight is 316 g/mol. The van der Waals surface area contributed by atoms with E-state index in [9.17, 15) is 0 Å². The number of rotatable bonds is 5. The lowest BCUT2D eigenvalue weighted by Gasteiger charge is -2.14. The molecule has 1 aliphatic heterocycles. The fourth-order valence-corrected chi connectivity index (χ4v) is 2.72. The smallest absolute Gasteiger partial charge is 0.170 e. The van der Waals surface area contributed by atoms with Gasteiger partial charge in [-0.05, 0) is 48.8 Å². The predicted octanol–water partition coefficient (Wildman–Crippen LogP) is 2.40. The Kier molecular flexibility index (Phi) is 5.03. The zero-order valence-corrected chi connectivity index (χ0v) is 13.2. The van der Waals surface area contributed by atoms with Crippen molar-refractivity contribution in [1.29, 1.82) is 0 Å². The zero-order valence-electron chi connectivity index (χ0n) is 12.4. The van der Waals surface area contributed by atoms with Crippen molar-refractivity contribution in [3.63, 3.8) is 0 Å². The van der Waals surface area contributed by atoms with Crippen molar-refractivity contribution >= 4 is 23.0 Å². The van der Waals surface area contributed by atoms with Crippen molar-refractivity contribution in [2.45, 2.75) is 25.5 Å². The molecule has 1 atom stereocenters. The number of aromatic nitrogens is 2. The van der Waals surface area contributed by atoms with Crippen LogP contribution in [0.4, 0.5) is 5.69 Å². The van der Waals surface area contributed by atoms with Gasteiger partial charge in [-0.2, -0.15) is 5.10 Å². The second-order valence-electron chi connectivity index (χ2n) is 5.37. The molecule has 1 fully saturated rings. The molecule has 0 aliphatic carbocycles. The molecule has 1 unspecified atom stereocenters. The lowest BCUT2D eigenvalue weighted by molar-refractivity contribution is 0.114. The van der Waals surface area contributed by atoms with Crippen molar-refractivity contribution in [1.82, 2.24) is 15.1 Å². The van der Waals surface area contributed by atoms with Crippen LogP contribution in [0.1, 0.15) is 18.4 Å². The van der Waals surface area contributed by atoms with Gasteiger partial charge in [-0.25, -0.2) is 0 Å². The topological polar surface area (TPSA) is 51.1 Å². The molecule has 2 heterocycles. The minimum atomic E-state index is 0.283. The summed E-state index contributed by atoms with van der Waals surface area (Å²) in [7, 11) is 0. The third-order valence-corrected chi connectivity index (χ3v) is 3.85. The van der Waals surface area contributed by atoms with E-state index in [0.29, 0.717) is 5.11 Å². The number of nitrogens with one attached hydrogen (secondary N) is 2. The fraction of sp³-hybridized carbons (Fsp3) is 0.375. The van der Waals surface area contributed by atoms with E-state index >= 15 is 0 Å². The van der Waals surface area contributed by atoms with Gasteiger partial charge in [0.25, 0.3) is 0 Å². The molecule has 5 nitrogen and oxygen atoms in total. The number of benzene rings is 1. The fourth-order valence-electron chi connectivity index (χ4n) is 2.52. The first-order chi connectivity index (χ1) is 10.8. The quantitative estimate of drug-likeness (QED) is 0.830. The first-order valence-electron chi connectivity index (χ1n) is 7.52. The van der Waals surface area contributed by atoms with Gasteiger partial charge in [0.1, 0.15) is 0 Å². The zero-order chi connectivity index (χ0) is 15.2. The Labute approximate surface area is 135 Å². The van der Waals surface area contributed by atoms with E-state index in [1.807, 2.05) is 29.1 Å². The molecule has 1 aliphatic rings. The standard InChI is InChI=1S/C16H20N4OS/c22-16(17-11-15-6-2-9-21-15)19-14-5-1-4-13(10-14)12-20-8-3-7-18-20/h1,3-5,7-8,10,15H,2,6,9,11-12H2,(H2,17,19,22). The molecule has 0 spiro atoms. The van der Waals surface area contributed by atoms with E-state index in [4.69, 9.17) is 17.0 Å². The monoisotopic (exact) mass is 316 g/mol. The molecule has 2 N–H and O–H groups in total. The van der Waals surface area contributed by atoms with E-state index in [-0.39, 0.29) is 6.10 Å². The van der Waals surface area contributed by atoms with Crippen LogP contribution in [0.15, 0.2) is 42.7 Å². The first kappa shape index (κ1) is 15.0. The molecule has 116 valence electrons. The number of hydrogen-bond acceptors (Lipinski definition) is 3. The van der Waals surface area contributed by atoms with Gasteiger partial charge >= 0.3 is 0 Å². The number of nitrogens with zero attached hydrogens (tertiary/aromatic N) is 2.